The number of aromatic nitrogens is 2. The van der Waals surface area contributed by atoms with Crippen molar-refractivity contribution in [2.24, 2.45) is 5.84 Å². The van der Waals surface area contributed by atoms with Crippen molar-refractivity contribution in [1.29, 1.82) is 0 Å². The molecule has 0 spiro atoms. The molecule has 5 nitrogen and oxygen atoms in total. The largest absolute Gasteiger partial charge is 0.340 e. The van der Waals surface area contributed by atoms with Crippen LogP contribution in [-0.4, -0.2) is 9.97 Å². The summed E-state index contributed by atoms with van der Waals surface area (Å²) >= 11 is 0. The van der Waals surface area contributed by atoms with E-state index >= 15 is 0 Å². The molecule has 2 heterocycles. The second kappa shape index (κ2) is 4.91. The fourth-order valence-corrected chi connectivity index (χ4v) is 1.95. The molecule has 3 rings (SSSR count). The SMILES string of the molecule is NNc1cccc(Nc2cccc3cnccc23)n1. The minimum absolute atomic E-state index is 0.618. The maximum atomic E-state index is 5.35. The molecule has 0 radical (unpaired) electrons. The molecule has 0 unspecified atom stereocenters. The zero-order valence-electron chi connectivity index (χ0n) is 10.2. The molecule has 94 valence electrons. The number of hydrogen-bond donors (Lipinski definition) is 3. The number of nitrogens with two attached hydrogens (primary N) is 1. The zero-order valence-corrected chi connectivity index (χ0v) is 10.2. The second-order valence-corrected chi connectivity index (χ2v) is 4.08. The summed E-state index contributed by atoms with van der Waals surface area (Å²) < 4.78 is 0. The van der Waals surface area contributed by atoms with Crippen LogP contribution in [0.5, 0.6) is 0 Å². The molecule has 0 amide bonds. The van der Waals surface area contributed by atoms with E-state index in [1.54, 1.807) is 12.3 Å². The van der Waals surface area contributed by atoms with Gasteiger partial charge in [-0.3, -0.25) is 4.98 Å². The van der Waals surface area contributed by atoms with Crippen LogP contribution in [0.15, 0.2) is 54.9 Å². The van der Waals surface area contributed by atoms with Crippen LogP contribution in [0, 0.1) is 0 Å². The summed E-state index contributed by atoms with van der Waals surface area (Å²) in [4.78, 5) is 8.45. The van der Waals surface area contributed by atoms with Gasteiger partial charge >= 0.3 is 0 Å². The second-order valence-electron chi connectivity index (χ2n) is 4.08. The maximum Gasteiger partial charge on any atom is 0.142 e. The molecule has 2 aromatic heterocycles. The first-order valence-electron chi connectivity index (χ1n) is 5.90. The van der Waals surface area contributed by atoms with Gasteiger partial charge in [-0.25, -0.2) is 10.8 Å². The van der Waals surface area contributed by atoms with Gasteiger partial charge in [-0.1, -0.05) is 18.2 Å². The Morgan fingerprint density at radius 3 is 2.68 bits per heavy atom. The molecule has 0 saturated heterocycles. The number of fused-ring (bicyclic) bond motifs is 1. The lowest BCUT2D eigenvalue weighted by Gasteiger charge is -2.09. The Morgan fingerprint density at radius 1 is 0.947 bits per heavy atom. The van der Waals surface area contributed by atoms with Crippen LogP contribution in [0.1, 0.15) is 0 Å². The zero-order chi connectivity index (χ0) is 13.1. The van der Waals surface area contributed by atoms with Crippen molar-refractivity contribution in [3.8, 4) is 0 Å². The number of anilines is 3. The van der Waals surface area contributed by atoms with E-state index in [1.165, 1.54) is 0 Å². The number of nitrogens with one attached hydrogen (secondary N) is 2. The predicted octanol–water partition coefficient (Wildman–Crippen LogP) is 2.66. The summed E-state index contributed by atoms with van der Waals surface area (Å²) in [5.74, 6) is 6.71. The summed E-state index contributed by atoms with van der Waals surface area (Å²) in [7, 11) is 0. The first-order chi connectivity index (χ1) is 9.36. The molecule has 1 aromatic carbocycles. The van der Waals surface area contributed by atoms with E-state index in [-0.39, 0.29) is 0 Å². The minimum Gasteiger partial charge on any atom is -0.340 e. The molecular weight excluding hydrogens is 238 g/mol. The highest BCUT2D eigenvalue weighted by atomic mass is 15.3. The standard InChI is InChI=1S/C14H13N5/c15-19-14-6-2-5-13(18-14)17-12-4-1-3-10-9-16-8-7-11(10)12/h1-9H,15H2,(H2,17,18,19). The summed E-state index contributed by atoms with van der Waals surface area (Å²) in [5.41, 5.74) is 3.52. The van der Waals surface area contributed by atoms with Crippen molar-refractivity contribution < 1.29 is 0 Å². The van der Waals surface area contributed by atoms with Gasteiger partial charge in [0, 0.05) is 28.9 Å². The Balaban J connectivity index is 2.01. The Morgan fingerprint density at radius 2 is 1.79 bits per heavy atom. The van der Waals surface area contributed by atoms with Gasteiger partial charge in [0.25, 0.3) is 0 Å². The average Bonchev–Trinajstić information content (AvgIpc) is 2.48. The van der Waals surface area contributed by atoms with E-state index in [0.717, 1.165) is 22.3 Å². The van der Waals surface area contributed by atoms with Gasteiger partial charge in [-0.05, 0) is 24.3 Å². The lowest BCUT2D eigenvalue weighted by atomic mass is 10.1. The van der Waals surface area contributed by atoms with Crippen LogP contribution in [0.2, 0.25) is 0 Å². The lowest BCUT2D eigenvalue weighted by Crippen LogP contribution is -2.08. The molecule has 0 aliphatic heterocycles. The maximum absolute atomic E-state index is 5.35. The van der Waals surface area contributed by atoms with Gasteiger partial charge in [-0.15, -0.1) is 0 Å². The Kier molecular flexibility index (Phi) is 2.96. The van der Waals surface area contributed by atoms with E-state index in [2.05, 4.69) is 20.7 Å². The van der Waals surface area contributed by atoms with Crippen LogP contribution in [-0.2, 0) is 0 Å². The quantitative estimate of drug-likeness (QED) is 0.493. The van der Waals surface area contributed by atoms with Gasteiger partial charge in [0.05, 0.1) is 0 Å². The number of hydrogen-bond acceptors (Lipinski definition) is 5. The molecule has 0 aliphatic carbocycles. The summed E-state index contributed by atoms with van der Waals surface area (Å²) in [6.45, 7) is 0. The number of benzene rings is 1. The third kappa shape index (κ3) is 2.31. The van der Waals surface area contributed by atoms with Crippen molar-refractivity contribution in [3.05, 3.63) is 54.9 Å². The number of hydrazine groups is 1. The van der Waals surface area contributed by atoms with E-state index in [1.807, 2.05) is 42.6 Å². The summed E-state index contributed by atoms with van der Waals surface area (Å²) in [6, 6.07) is 13.6. The van der Waals surface area contributed by atoms with Crippen molar-refractivity contribution in [2.45, 2.75) is 0 Å². The molecule has 19 heavy (non-hydrogen) atoms. The van der Waals surface area contributed by atoms with Crippen molar-refractivity contribution in [3.63, 3.8) is 0 Å². The molecule has 0 saturated carbocycles. The average molecular weight is 251 g/mol. The van der Waals surface area contributed by atoms with Crippen LogP contribution in [0.4, 0.5) is 17.3 Å². The first-order valence-corrected chi connectivity index (χ1v) is 5.90. The van der Waals surface area contributed by atoms with Crippen LogP contribution >= 0.6 is 0 Å². The highest BCUT2D eigenvalue weighted by Crippen LogP contribution is 2.25. The Bertz CT molecular complexity index is 706. The van der Waals surface area contributed by atoms with E-state index in [0.29, 0.717) is 5.82 Å². The summed E-state index contributed by atoms with van der Waals surface area (Å²) in [6.07, 6.45) is 3.62. The normalized spacial score (nSPS) is 10.4. The molecular formula is C14H13N5. The van der Waals surface area contributed by atoms with Crippen LogP contribution < -0.4 is 16.6 Å². The first kappa shape index (κ1) is 11.4. The van der Waals surface area contributed by atoms with Gasteiger partial charge in [0.15, 0.2) is 0 Å². The lowest BCUT2D eigenvalue weighted by molar-refractivity contribution is 1.23. The van der Waals surface area contributed by atoms with Crippen LogP contribution in [0.25, 0.3) is 10.8 Å². The number of pyridine rings is 2. The minimum atomic E-state index is 0.618. The van der Waals surface area contributed by atoms with E-state index in [4.69, 9.17) is 5.84 Å². The van der Waals surface area contributed by atoms with Crippen LogP contribution in [0.3, 0.4) is 0 Å². The van der Waals surface area contributed by atoms with Crippen molar-refractivity contribution >= 4 is 28.1 Å². The third-order valence-electron chi connectivity index (χ3n) is 2.84. The Hall–Kier alpha value is -2.66. The van der Waals surface area contributed by atoms with Gasteiger partial charge in [-0.2, -0.15) is 0 Å². The third-order valence-corrected chi connectivity index (χ3v) is 2.84. The number of nitrogens with zero attached hydrogens (tertiary/aromatic N) is 2. The fourth-order valence-electron chi connectivity index (χ4n) is 1.95. The highest BCUT2D eigenvalue weighted by molar-refractivity contribution is 5.94. The fraction of sp³-hybridized carbons (Fsp3) is 0. The monoisotopic (exact) mass is 251 g/mol. The number of rotatable bonds is 3. The van der Waals surface area contributed by atoms with Gasteiger partial charge < -0.3 is 10.7 Å². The molecule has 4 N–H and O–H groups in total. The molecule has 5 heteroatoms. The molecule has 3 aromatic rings. The Labute approximate surface area is 110 Å². The van der Waals surface area contributed by atoms with Crippen molar-refractivity contribution in [2.75, 3.05) is 10.7 Å². The molecule has 0 aliphatic rings. The topological polar surface area (TPSA) is 75.9 Å². The van der Waals surface area contributed by atoms with Gasteiger partial charge in [0.1, 0.15) is 11.6 Å². The summed E-state index contributed by atoms with van der Waals surface area (Å²) in [5, 5.41) is 5.47. The molecule has 0 bridgehead atoms. The van der Waals surface area contributed by atoms with E-state index < -0.39 is 0 Å². The highest BCUT2D eigenvalue weighted by Gasteiger charge is 2.02. The predicted molar refractivity (Wildman–Crippen MR) is 77.1 cm³/mol. The smallest absolute Gasteiger partial charge is 0.142 e. The number of nitrogen functional groups attached to an aromatic ring is 1. The van der Waals surface area contributed by atoms with E-state index in [9.17, 15) is 0 Å². The van der Waals surface area contributed by atoms with Gasteiger partial charge in [0.2, 0.25) is 0 Å². The molecule has 0 atom stereocenters. The molecule has 0 fully saturated rings. The van der Waals surface area contributed by atoms with Crippen molar-refractivity contribution in [1.82, 2.24) is 9.97 Å².